The molecule has 0 aliphatic heterocycles. The summed E-state index contributed by atoms with van der Waals surface area (Å²) in [6.45, 7) is 4.45. The van der Waals surface area contributed by atoms with Crippen molar-refractivity contribution in [2.24, 2.45) is 0 Å². The fraction of sp³-hybridized carbons (Fsp3) is 0.0345. The highest BCUT2D eigenvalue weighted by molar-refractivity contribution is 6.16. The third-order valence-electron chi connectivity index (χ3n) is 12.2. The zero-order chi connectivity index (χ0) is 40.2. The first-order valence-corrected chi connectivity index (χ1v) is 20.8. The van der Waals surface area contributed by atoms with Crippen LogP contribution in [0, 0.1) is 13.8 Å². The van der Waals surface area contributed by atoms with Crippen LogP contribution >= 0.6 is 0 Å². The standard InChI is InChI=1S/C58H42N2/c1-39-13-9-12-20-52(39)58-40(2)21-22-47-37-57-55(38-53(47)58)54-36-46(30-34-56(54)60(57)49-18-7-4-8-19-49)44-25-23-42(24-26-44)43-27-31-50(32-28-43)59(48-16-5-3-6-17-48)51-33-29-41-14-10-11-15-45(41)35-51/h3-38H,1-2H3. The van der Waals surface area contributed by atoms with Gasteiger partial charge in [-0.25, -0.2) is 0 Å². The molecule has 0 radical (unpaired) electrons. The molecule has 0 bridgehead atoms. The van der Waals surface area contributed by atoms with Crippen molar-refractivity contribution in [2.75, 3.05) is 4.90 Å². The van der Waals surface area contributed by atoms with Crippen molar-refractivity contribution in [3.05, 3.63) is 230 Å². The van der Waals surface area contributed by atoms with Crippen LogP contribution in [-0.2, 0) is 0 Å². The van der Waals surface area contributed by atoms with E-state index in [0.29, 0.717) is 0 Å². The summed E-state index contributed by atoms with van der Waals surface area (Å²) in [5, 5.41) is 7.51. The second-order valence-electron chi connectivity index (χ2n) is 15.9. The topological polar surface area (TPSA) is 8.17 Å². The van der Waals surface area contributed by atoms with Crippen LogP contribution in [0.3, 0.4) is 0 Å². The molecular weight excluding hydrogens is 725 g/mol. The second kappa shape index (κ2) is 14.6. The fourth-order valence-corrected chi connectivity index (χ4v) is 9.19. The zero-order valence-electron chi connectivity index (χ0n) is 33.7. The molecule has 0 atom stereocenters. The summed E-state index contributed by atoms with van der Waals surface area (Å²) in [7, 11) is 0. The number of aryl methyl sites for hydroxylation is 2. The molecule has 0 fully saturated rings. The van der Waals surface area contributed by atoms with Gasteiger partial charge in [0.1, 0.15) is 0 Å². The molecule has 0 saturated carbocycles. The molecule has 0 amide bonds. The predicted octanol–water partition coefficient (Wildman–Crippen LogP) is 16.2. The SMILES string of the molecule is Cc1ccccc1-c1c(C)ccc2cc3c(cc12)c1cc(-c2ccc(-c4ccc(N(c5ccccc5)c5ccc6ccccc6c5)cc4)cc2)ccc1n3-c1ccccc1. The van der Waals surface area contributed by atoms with Gasteiger partial charge in [0, 0.05) is 33.5 Å². The van der Waals surface area contributed by atoms with Crippen molar-refractivity contribution in [3.8, 4) is 39.1 Å². The number of nitrogens with zero attached hydrogens (tertiary/aromatic N) is 2. The Balaban J connectivity index is 0.978. The number of para-hydroxylation sites is 2. The monoisotopic (exact) mass is 766 g/mol. The lowest BCUT2D eigenvalue weighted by atomic mass is 9.90. The van der Waals surface area contributed by atoms with Crippen molar-refractivity contribution >= 4 is 60.4 Å². The van der Waals surface area contributed by atoms with E-state index in [-0.39, 0.29) is 0 Å². The van der Waals surface area contributed by atoms with E-state index in [2.05, 4.69) is 242 Å². The zero-order valence-corrected chi connectivity index (χ0v) is 33.7. The van der Waals surface area contributed by atoms with Crippen LogP contribution in [0.4, 0.5) is 17.1 Å². The first-order chi connectivity index (χ1) is 29.6. The predicted molar refractivity (Wildman–Crippen MR) is 256 cm³/mol. The molecule has 1 heterocycles. The highest BCUT2D eigenvalue weighted by atomic mass is 15.1. The summed E-state index contributed by atoms with van der Waals surface area (Å²) in [6, 6.07) is 79.7. The number of benzene rings is 10. The third-order valence-corrected chi connectivity index (χ3v) is 12.2. The van der Waals surface area contributed by atoms with Gasteiger partial charge in [-0.1, -0.05) is 146 Å². The molecule has 0 aliphatic rings. The molecule has 0 saturated heterocycles. The van der Waals surface area contributed by atoms with Gasteiger partial charge >= 0.3 is 0 Å². The van der Waals surface area contributed by atoms with E-state index in [9.17, 15) is 0 Å². The normalized spacial score (nSPS) is 11.5. The maximum absolute atomic E-state index is 2.44. The Hall–Kier alpha value is -7.68. The van der Waals surface area contributed by atoms with Crippen LogP contribution in [0.15, 0.2) is 218 Å². The van der Waals surface area contributed by atoms with Gasteiger partial charge in [-0.05, 0) is 153 Å². The first-order valence-electron chi connectivity index (χ1n) is 20.8. The smallest absolute Gasteiger partial charge is 0.0547 e. The molecule has 0 spiro atoms. The summed E-state index contributed by atoms with van der Waals surface area (Å²) < 4.78 is 2.42. The van der Waals surface area contributed by atoms with Crippen LogP contribution in [0.25, 0.3) is 82.4 Å². The summed E-state index contributed by atoms with van der Waals surface area (Å²) in [5.41, 5.74) is 16.9. The van der Waals surface area contributed by atoms with Crippen LogP contribution < -0.4 is 4.90 Å². The van der Waals surface area contributed by atoms with Gasteiger partial charge in [0.15, 0.2) is 0 Å². The highest BCUT2D eigenvalue weighted by Crippen LogP contribution is 2.42. The van der Waals surface area contributed by atoms with Crippen molar-refractivity contribution in [2.45, 2.75) is 13.8 Å². The van der Waals surface area contributed by atoms with E-state index >= 15 is 0 Å². The van der Waals surface area contributed by atoms with Crippen LogP contribution in [0.5, 0.6) is 0 Å². The highest BCUT2D eigenvalue weighted by Gasteiger charge is 2.18. The minimum atomic E-state index is 1.12. The summed E-state index contributed by atoms with van der Waals surface area (Å²) in [5.74, 6) is 0. The van der Waals surface area contributed by atoms with Gasteiger partial charge in [-0.3, -0.25) is 0 Å². The van der Waals surface area contributed by atoms with Crippen LogP contribution in [0.2, 0.25) is 0 Å². The minimum Gasteiger partial charge on any atom is -0.310 e. The number of hydrogen-bond acceptors (Lipinski definition) is 1. The Bertz CT molecular complexity index is 3360. The Labute approximate surface area is 350 Å². The number of fused-ring (bicyclic) bond motifs is 5. The van der Waals surface area contributed by atoms with E-state index in [1.165, 1.54) is 87.9 Å². The second-order valence-corrected chi connectivity index (χ2v) is 15.9. The van der Waals surface area contributed by atoms with Gasteiger partial charge in [0.05, 0.1) is 11.0 Å². The van der Waals surface area contributed by atoms with Crippen molar-refractivity contribution in [1.29, 1.82) is 0 Å². The number of hydrogen-bond donors (Lipinski definition) is 0. The first kappa shape index (κ1) is 35.5. The lowest BCUT2D eigenvalue weighted by Crippen LogP contribution is -2.09. The van der Waals surface area contributed by atoms with Gasteiger partial charge in [0.2, 0.25) is 0 Å². The minimum absolute atomic E-state index is 1.12. The molecule has 284 valence electrons. The van der Waals surface area contributed by atoms with Gasteiger partial charge in [0.25, 0.3) is 0 Å². The van der Waals surface area contributed by atoms with E-state index in [4.69, 9.17) is 0 Å². The van der Waals surface area contributed by atoms with Crippen LogP contribution in [0.1, 0.15) is 11.1 Å². The Kier molecular flexibility index (Phi) is 8.64. The van der Waals surface area contributed by atoms with Gasteiger partial charge in [-0.15, -0.1) is 0 Å². The fourth-order valence-electron chi connectivity index (χ4n) is 9.19. The lowest BCUT2D eigenvalue weighted by Gasteiger charge is -2.26. The molecule has 11 aromatic rings. The van der Waals surface area contributed by atoms with E-state index in [1.807, 2.05) is 0 Å². The molecule has 2 nitrogen and oxygen atoms in total. The lowest BCUT2D eigenvalue weighted by molar-refractivity contribution is 1.18. The maximum atomic E-state index is 2.44. The molecule has 1 aromatic heterocycles. The molecule has 60 heavy (non-hydrogen) atoms. The van der Waals surface area contributed by atoms with Gasteiger partial charge < -0.3 is 9.47 Å². The Morgan fingerprint density at radius 1 is 0.333 bits per heavy atom. The van der Waals surface area contributed by atoms with E-state index in [1.54, 1.807) is 0 Å². The van der Waals surface area contributed by atoms with E-state index in [0.717, 1.165) is 22.7 Å². The molecule has 10 aromatic carbocycles. The maximum Gasteiger partial charge on any atom is 0.0547 e. The molecule has 2 heteroatoms. The average Bonchev–Trinajstić information content (AvgIpc) is 3.62. The summed E-state index contributed by atoms with van der Waals surface area (Å²) in [6.07, 6.45) is 0. The number of aromatic nitrogens is 1. The average molecular weight is 767 g/mol. The number of rotatable bonds is 7. The molecule has 0 aliphatic carbocycles. The van der Waals surface area contributed by atoms with Crippen molar-refractivity contribution in [1.82, 2.24) is 4.57 Å². The quantitative estimate of drug-likeness (QED) is 0.157. The van der Waals surface area contributed by atoms with E-state index < -0.39 is 0 Å². The largest absolute Gasteiger partial charge is 0.310 e. The summed E-state index contributed by atoms with van der Waals surface area (Å²) >= 11 is 0. The third kappa shape index (κ3) is 6.13. The molecule has 11 rings (SSSR count). The van der Waals surface area contributed by atoms with Crippen molar-refractivity contribution in [3.63, 3.8) is 0 Å². The van der Waals surface area contributed by atoms with Gasteiger partial charge in [-0.2, -0.15) is 0 Å². The molecule has 0 N–H and O–H groups in total. The molecular formula is C58H42N2. The summed E-state index contributed by atoms with van der Waals surface area (Å²) in [4.78, 5) is 2.33. The number of anilines is 3. The Morgan fingerprint density at radius 3 is 1.65 bits per heavy atom. The van der Waals surface area contributed by atoms with Crippen LogP contribution in [-0.4, -0.2) is 4.57 Å². The van der Waals surface area contributed by atoms with Crippen molar-refractivity contribution < 1.29 is 0 Å². The molecule has 0 unspecified atom stereocenters. The Morgan fingerprint density at radius 2 is 0.900 bits per heavy atom.